The lowest BCUT2D eigenvalue weighted by Crippen LogP contribution is -2.42. The van der Waals surface area contributed by atoms with Crippen molar-refractivity contribution in [2.24, 2.45) is 0 Å². The van der Waals surface area contributed by atoms with Crippen LogP contribution in [0.1, 0.15) is 64.7 Å². The molecule has 0 unspecified atom stereocenters. The van der Waals surface area contributed by atoms with Gasteiger partial charge in [0.2, 0.25) is 0 Å². The van der Waals surface area contributed by atoms with Gasteiger partial charge in [0.05, 0.1) is 6.10 Å². The second kappa shape index (κ2) is 8.12. The standard InChI is InChI=1S/C13H27NO/c1-2-3-4-5-8-11-14-12-9-6-7-10-13(12)15/h12-15H,2-11H2,1H3/t12-,13-/m0/s1. The van der Waals surface area contributed by atoms with Crippen LogP contribution in [-0.2, 0) is 0 Å². The van der Waals surface area contributed by atoms with Gasteiger partial charge in [0.1, 0.15) is 0 Å². The van der Waals surface area contributed by atoms with Gasteiger partial charge in [0.15, 0.2) is 0 Å². The van der Waals surface area contributed by atoms with Crippen molar-refractivity contribution in [1.29, 1.82) is 0 Å². The van der Waals surface area contributed by atoms with Crippen LogP contribution in [0.5, 0.6) is 0 Å². The molecule has 0 aromatic carbocycles. The topological polar surface area (TPSA) is 32.3 Å². The number of hydrogen-bond acceptors (Lipinski definition) is 2. The average molecular weight is 213 g/mol. The Balaban J connectivity index is 1.94. The fourth-order valence-corrected chi connectivity index (χ4v) is 2.37. The molecule has 2 N–H and O–H groups in total. The van der Waals surface area contributed by atoms with Crippen LogP contribution < -0.4 is 5.32 Å². The number of aliphatic hydroxyl groups excluding tert-OH is 1. The highest BCUT2D eigenvalue weighted by Gasteiger charge is 2.21. The summed E-state index contributed by atoms with van der Waals surface area (Å²) in [6.45, 7) is 3.34. The first kappa shape index (κ1) is 13.0. The van der Waals surface area contributed by atoms with Gasteiger partial charge in [0, 0.05) is 6.04 Å². The molecule has 0 bridgehead atoms. The Morgan fingerprint density at radius 2 is 1.80 bits per heavy atom. The van der Waals surface area contributed by atoms with Gasteiger partial charge in [-0.1, -0.05) is 45.4 Å². The van der Waals surface area contributed by atoms with Crippen molar-refractivity contribution in [3.05, 3.63) is 0 Å². The highest BCUT2D eigenvalue weighted by Crippen LogP contribution is 2.18. The molecule has 15 heavy (non-hydrogen) atoms. The Morgan fingerprint density at radius 1 is 1.07 bits per heavy atom. The lowest BCUT2D eigenvalue weighted by molar-refractivity contribution is 0.0909. The fraction of sp³-hybridized carbons (Fsp3) is 1.00. The molecule has 0 radical (unpaired) electrons. The van der Waals surface area contributed by atoms with E-state index in [1.807, 2.05) is 0 Å². The fourth-order valence-electron chi connectivity index (χ4n) is 2.37. The molecule has 1 fully saturated rings. The van der Waals surface area contributed by atoms with Crippen molar-refractivity contribution in [2.45, 2.75) is 76.9 Å². The van der Waals surface area contributed by atoms with Crippen molar-refractivity contribution in [1.82, 2.24) is 5.32 Å². The van der Waals surface area contributed by atoms with E-state index in [4.69, 9.17) is 0 Å². The Kier molecular flexibility index (Phi) is 7.03. The van der Waals surface area contributed by atoms with E-state index in [9.17, 15) is 5.11 Å². The van der Waals surface area contributed by atoms with Gasteiger partial charge in [-0.2, -0.15) is 0 Å². The quantitative estimate of drug-likeness (QED) is 0.637. The third-order valence-electron chi connectivity index (χ3n) is 3.42. The lowest BCUT2D eigenvalue weighted by atomic mass is 9.92. The van der Waals surface area contributed by atoms with Crippen LogP contribution in [0.25, 0.3) is 0 Å². The zero-order valence-electron chi connectivity index (χ0n) is 10.2. The molecule has 2 nitrogen and oxygen atoms in total. The van der Waals surface area contributed by atoms with Crippen LogP contribution in [0, 0.1) is 0 Å². The molecule has 2 heteroatoms. The van der Waals surface area contributed by atoms with E-state index < -0.39 is 0 Å². The number of unbranched alkanes of at least 4 members (excludes halogenated alkanes) is 4. The van der Waals surface area contributed by atoms with Gasteiger partial charge in [0.25, 0.3) is 0 Å². The van der Waals surface area contributed by atoms with E-state index in [-0.39, 0.29) is 6.10 Å². The number of nitrogens with one attached hydrogen (secondary N) is 1. The van der Waals surface area contributed by atoms with Crippen molar-refractivity contribution in [3.8, 4) is 0 Å². The highest BCUT2D eigenvalue weighted by atomic mass is 16.3. The Labute approximate surface area is 94.5 Å². The summed E-state index contributed by atoms with van der Waals surface area (Å²) >= 11 is 0. The van der Waals surface area contributed by atoms with E-state index in [1.165, 1.54) is 44.9 Å². The zero-order chi connectivity index (χ0) is 10.9. The van der Waals surface area contributed by atoms with E-state index in [0.717, 1.165) is 19.4 Å². The smallest absolute Gasteiger partial charge is 0.0693 e. The maximum absolute atomic E-state index is 9.75. The number of rotatable bonds is 7. The summed E-state index contributed by atoms with van der Waals surface area (Å²) in [5, 5.41) is 13.2. The maximum atomic E-state index is 9.75. The van der Waals surface area contributed by atoms with Gasteiger partial charge in [-0.15, -0.1) is 0 Å². The summed E-state index contributed by atoms with van der Waals surface area (Å²) in [5.41, 5.74) is 0. The molecule has 0 aliphatic heterocycles. The number of aliphatic hydroxyl groups is 1. The third-order valence-corrected chi connectivity index (χ3v) is 3.42. The summed E-state index contributed by atoms with van der Waals surface area (Å²) in [6, 6.07) is 0.380. The molecule has 0 heterocycles. The minimum Gasteiger partial charge on any atom is -0.392 e. The Morgan fingerprint density at radius 3 is 2.53 bits per heavy atom. The van der Waals surface area contributed by atoms with Crippen LogP contribution in [0.2, 0.25) is 0 Å². The van der Waals surface area contributed by atoms with Crippen LogP contribution in [0.3, 0.4) is 0 Å². The first-order valence-electron chi connectivity index (χ1n) is 6.76. The van der Waals surface area contributed by atoms with Gasteiger partial charge in [-0.05, 0) is 25.8 Å². The summed E-state index contributed by atoms with van der Waals surface area (Å²) < 4.78 is 0. The normalized spacial score (nSPS) is 26.8. The molecule has 0 spiro atoms. The molecule has 1 rings (SSSR count). The molecule has 1 aliphatic rings. The molecule has 90 valence electrons. The second-order valence-corrected chi connectivity index (χ2v) is 4.83. The van der Waals surface area contributed by atoms with Crippen LogP contribution >= 0.6 is 0 Å². The molecule has 0 amide bonds. The Bertz CT molecular complexity index is 149. The number of hydrogen-bond donors (Lipinski definition) is 2. The monoisotopic (exact) mass is 213 g/mol. The molecule has 0 saturated heterocycles. The summed E-state index contributed by atoms with van der Waals surface area (Å²) in [4.78, 5) is 0. The molecule has 1 saturated carbocycles. The van der Waals surface area contributed by atoms with Crippen LogP contribution in [-0.4, -0.2) is 23.8 Å². The van der Waals surface area contributed by atoms with Crippen LogP contribution in [0.15, 0.2) is 0 Å². The maximum Gasteiger partial charge on any atom is 0.0693 e. The molecular formula is C13H27NO. The minimum atomic E-state index is -0.0885. The summed E-state index contributed by atoms with van der Waals surface area (Å²) in [5.74, 6) is 0. The minimum absolute atomic E-state index is 0.0885. The van der Waals surface area contributed by atoms with Gasteiger partial charge < -0.3 is 10.4 Å². The SMILES string of the molecule is CCCCCCCN[C@H]1CCCC[C@@H]1O. The predicted molar refractivity (Wildman–Crippen MR) is 65.0 cm³/mol. The average Bonchev–Trinajstić information content (AvgIpc) is 2.25. The largest absolute Gasteiger partial charge is 0.392 e. The first-order chi connectivity index (χ1) is 7.34. The summed E-state index contributed by atoms with van der Waals surface area (Å²) in [7, 11) is 0. The highest BCUT2D eigenvalue weighted by molar-refractivity contribution is 4.79. The van der Waals surface area contributed by atoms with Crippen molar-refractivity contribution in [3.63, 3.8) is 0 Å². The molecule has 2 atom stereocenters. The van der Waals surface area contributed by atoms with Crippen molar-refractivity contribution >= 4 is 0 Å². The van der Waals surface area contributed by atoms with Crippen molar-refractivity contribution in [2.75, 3.05) is 6.54 Å². The van der Waals surface area contributed by atoms with Gasteiger partial charge >= 0.3 is 0 Å². The van der Waals surface area contributed by atoms with E-state index in [2.05, 4.69) is 12.2 Å². The molecule has 0 aromatic rings. The molecular weight excluding hydrogens is 186 g/mol. The summed E-state index contributed by atoms with van der Waals surface area (Å²) in [6.07, 6.45) is 11.2. The van der Waals surface area contributed by atoms with E-state index in [1.54, 1.807) is 0 Å². The van der Waals surface area contributed by atoms with E-state index in [0.29, 0.717) is 6.04 Å². The lowest BCUT2D eigenvalue weighted by Gasteiger charge is -2.28. The predicted octanol–water partition coefficient (Wildman–Crippen LogP) is 2.85. The Hall–Kier alpha value is -0.0800. The zero-order valence-corrected chi connectivity index (χ0v) is 10.2. The molecule has 1 aliphatic carbocycles. The molecule has 0 aromatic heterocycles. The third kappa shape index (κ3) is 5.53. The van der Waals surface area contributed by atoms with Gasteiger partial charge in [-0.25, -0.2) is 0 Å². The first-order valence-corrected chi connectivity index (χ1v) is 6.76. The van der Waals surface area contributed by atoms with Gasteiger partial charge in [-0.3, -0.25) is 0 Å². The van der Waals surface area contributed by atoms with E-state index >= 15 is 0 Å². The second-order valence-electron chi connectivity index (χ2n) is 4.83. The van der Waals surface area contributed by atoms with Crippen LogP contribution in [0.4, 0.5) is 0 Å². The van der Waals surface area contributed by atoms with Crippen molar-refractivity contribution < 1.29 is 5.11 Å².